The highest BCUT2D eigenvalue weighted by atomic mass is 32.1. The molecule has 2 saturated carbocycles. The van der Waals surface area contributed by atoms with Gasteiger partial charge in [0.2, 0.25) is 0 Å². The summed E-state index contributed by atoms with van der Waals surface area (Å²) in [5.74, 6) is 8.24. The summed E-state index contributed by atoms with van der Waals surface area (Å²) in [6, 6.07) is 2.13. The van der Waals surface area contributed by atoms with Crippen LogP contribution in [0.25, 0.3) is 0 Å². The van der Waals surface area contributed by atoms with Gasteiger partial charge in [-0.15, -0.1) is 11.3 Å². The van der Waals surface area contributed by atoms with Gasteiger partial charge in [-0.25, -0.2) is 0 Å². The molecule has 112 valence electrons. The molecule has 3 N–H and O–H groups in total. The summed E-state index contributed by atoms with van der Waals surface area (Å²) in [5.41, 5.74) is 6.08. The van der Waals surface area contributed by atoms with Crippen LogP contribution in [0.4, 0.5) is 0 Å². The lowest BCUT2D eigenvalue weighted by molar-refractivity contribution is 0.0916. The highest BCUT2D eigenvalue weighted by molar-refractivity contribution is 7.10. The van der Waals surface area contributed by atoms with Crippen LogP contribution in [-0.4, -0.2) is 18.5 Å². The van der Waals surface area contributed by atoms with Gasteiger partial charge in [-0.05, 0) is 50.0 Å². The van der Waals surface area contributed by atoms with Crippen molar-refractivity contribution in [2.24, 2.45) is 23.5 Å². The van der Waals surface area contributed by atoms with Crippen LogP contribution in [0.3, 0.4) is 0 Å². The molecule has 4 heteroatoms. The molecule has 1 aromatic rings. The van der Waals surface area contributed by atoms with Crippen molar-refractivity contribution in [3.63, 3.8) is 0 Å². The summed E-state index contributed by atoms with van der Waals surface area (Å²) in [7, 11) is 0. The summed E-state index contributed by atoms with van der Waals surface area (Å²) in [6.45, 7) is 2.51. The Bertz CT molecular complexity index is 583. The number of nitrogens with one attached hydrogen (secondary N) is 1. The van der Waals surface area contributed by atoms with Crippen LogP contribution in [-0.2, 0) is 0 Å². The fraction of sp³-hybridized carbons (Fsp3) is 0.588. The molecule has 3 rings (SSSR count). The van der Waals surface area contributed by atoms with E-state index in [9.17, 15) is 4.79 Å². The summed E-state index contributed by atoms with van der Waals surface area (Å²) in [4.78, 5) is 13.2. The number of hydrogen-bond acceptors (Lipinski definition) is 3. The van der Waals surface area contributed by atoms with Crippen molar-refractivity contribution >= 4 is 17.2 Å². The van der Waals surface area contributed by atoms with Gasteiger partial charge >= 0.3 is 0 Å². The van der Waals surface area contributed by atoms with Crippen molar-refractivity contribution < 1.29 is 4.79 Å². The van der Waals surface area contributed by atoms with Gasteiger partial charge in [-0.1, -0.05) is 18.3 Å². The third-order valence-electron chi connectivity index (χ3n) is 4.97. The molecule has 2 aliphatic rings. The van der Waals surface area contributed by atoms with E-state index in [1.165, 1.54) is 37.0 Å². The molecule has 4 unspecified atom stereocenters. The van der Waals surface area contributed by atoms with E-state index in [4.69, 9.17) is 5.73 Å². The van der Waals surface area contributed by atoms with Crippen LogP contribution in [0.1, 0.15) is 47.8 Å². The zero-order valence-electron chi connectivity index (χ0n) is 12.4. The first kappa shape index (κ1) is 14.6. The molecular weight excluding hydrogens is 280 g/mol. The van der Waals surface area contributed by atoms with Crippen molar-refractivity contribution in [3.8, 4) is 11.8 Å². The van der Waals surface area contributed by atoms with Gasteiger partial charge in [0.1, 0.15) is 0 Å². The number of hydrogen-bond donors (Lipinski definition) is 2. The van der Waals surface area contributed by atoms with Crippen LogP contribution in [0.5, 0.6) is 0 Å². The molecule has 0 aliphatic heterocycles. The van der Waals surface area contributed by atoms with E-state index in [0.717, 1.165) is 22.3 Å². The smallest absolute Gasteiger partial charge is 0.252 e. The van der Waals surface area contributed by atoms with Crippen LogP contribution in [0.15, 0.2) is 11.4 Å². The molecule has 0 spiro atoms. The molecule has 0 aromatic carbocycles. The summed E-state index contributed by atoms with van der Waals surface area (Å²) < 4.78 is 0. The van der Waals surface area contributed by atoms with Gasteiger partial charge in [-0.2, -0.15) is 0 Å². The lowest BCUT2D eigenvalue weighted by atomic mass is 9.84. The maximum atomic E-state index is 12.3. The van der Waals surface area contributed by atoms with Gasteiger partial charge in [0.25, 0.3) is 5.91 Å². The zero-order valence-corrected chi connectivity index (χ0v) is 13.2. The standard InChI is InChI=1S/C17H22N2OS/c1-11(16-8-12-4-5-13(16)7-12)19-17(20)14-9-15(21-10-14)3-2-6-18/h9-13,16H,4-8,18H2,1H3,(H,19,20). The molecule has 2 aliphatic carbocycles. The van der Waals surface area contributed by atoms with Crippen LogP contribution in [0, 0.1) is 29.6 Å². The van der Waals surface area contributed by atoms with Crippen LogP contribution in [0.2, 0.25) is 0 Å². The molecule has 21 heavy (non-hydrogen) atoms. The van der Waals surface area contributed by atoms with Crippen LogP contribution < -0.4 is 11.1 Å². The lowest BCUT2D eigenvalue weighted by Crippen LogP contribution is -2.39. The van der Waals surface area contributed by atoms with Gasteiger partial charge in [-0.3, -0.25) is 4.79 Å². The third-order valence-corrected chi connectivity index (χ3v) is 5.81. The van der Waals surface area contributed by atoms with Gasteiger partial charge in [0.15, 0.2) is 0 Å². The van der Waals surface area contributed by atoms with E-state index in [2.05, 4.69) is 24.1 Å². The quantitative estimate of drug-likeness (QED) is 0.843. The zero-order chi connectivity index (χ0) is 14.8. The molecule has 0 saturated heterocycles. The van der Waals surface area contributed by atoms with Gasteiger partial charge in [0.05, 0.1) is 17.0 Å². The Kier molecular flexibility index (Phi) is 4.32. The molecular formula is C17H22N2OS. The number of fused-ring (bicyclic) bond motifs is 2. The largest absolute Gasteiger partial charge is 0.349 e. The van der Waals surface area contributed by atoms with Crippen molar-refractivity contribution in [2.75, 3.05) is 6.54 Å². The maximum Gasteiger partial charge on any atom is 0.252 e. The Balaban J connectivity index is 1.59. The Labute approximate surface area is 130 Å². The number of rotatable bonds is 3. The molecule has 4 atom stereocenters. The highest BCUT2D eigenvalue weighted by Crippen LogP contribution is 2.49. The molecule has 3 nitrogen and oxygen atoms in total. The minimum atomic E-state index is 0.0299. The van der Waals surface area contributed by atoms with Crippen LogP contribution >= 0.6 is 11.3 Å². The van der Waals surface area contributed by atoms with E-state index < -0.39 is 0 Å². The third kappa shape index (κ3) is 3.14. The minimum absolute atomic E-state index is 0.0299. The van der Waals surface area contributed by atoms with Gasteiger partial charge < -0.3 is 11.1 Å². The van der Waals surface area contributed by atoms with E-state index in [-0.39, 0.29) is 11.9 Å². The number of carbonyl (C=O) groups is 1. The van der Waals surface area contributed by atoms with Crippen molar-refractivity contribution in [1.82, 2.24) is 5.32 Å². The molecule has 2 bridgehead atoms. The second-order valence-corrected chi connectivity index (χ2v) is 7.22. The van der Waals surface area contributed by atoms with Crippen molar-refractivity contribution in [1.29, 1.82) is 0 Å². The topological polar surface area (TPSA) is 55.1 Å². The minimum Gasteiger partial charge on any atom is -0.349 e. The number of nitrogens with two attached hydrogens (primary N) is 1. The first-order chi connectivity index (χ1) is 10.2. The molecule has 1 amide bonds. The predicted molar refractivity (Wildman–Crippen MR) is 86.1 cm³/mol. The Hall–Kier alpha value is -1.31. The predicted octanol–water partition coefficient (Wildman–Crippen LogP) is 2.61. The second-order valence-electron chi connectivity index (χ2n) is 6.31. The number of amides is 1. The number of carbonyl (C=O) groups excluding carboxylic acids is 1. The number of thiophene rings is 1. The molecule has 2 fully saturated rings. The normalized spacial score (nSPS) is 28.0. The average molecular weight is 302 g/mol. The van der Waals surface area contributed by atoms with E-state index >= 15 is 0 Å². The van der Waals surface area contributed by atoms with E-state index in [0.29, 0.717) is 12.5 Å². The average Bonchev–Trinajstić information content (AvgIpc) is 3.20. The Morgan fingerprint density at radius 1 is 1.52 bits per heavy atom. The first-order valence-electron chi connectivity index (χ1n) is 7.75. The fourth-order valence-electron chi connectivity index (χ4n) is 3.96. The summed E-state index contributed by atoms with van der Waals surface area (Å²) in [5, 5.41) is 5.07. The Morgan fingerprint density at radius 2 is 2.38 bits per heavy atom. The monoisotopic (exact) mass is 302 g/mol. The van der Waals surface area contributed by atoms with Gasteiger partial charge in [0, 0.05) is 11.4 Å². The Morgan fingerprint density at radius 3 is 3.05 bits per heavy atom. The second kappa shape index (κ2) is 6.21. The SMILES string of the molecule is CC(NC(=O)c1csc(C#CCN)c1)C1CC2CCC1C2. The summed E-state index contributed by atoms with van der Waals surface area (Å²) >= 11 is 1.50. The van der Waals surface area contributed by atoms with E-state index in [1.807, 2.05) is 11.4 Å². The molecule has 0 radical (unpaired) electrons. The highest BCUT2D eigenvalue weighted by Gasteiger charge is 2.42. The van der Waals surface area contributed by atoms with Crippen molar-refractivity contribution in [3.05, 3.63) is 21.9 Å². The van der Waals surface area contributed by atoms with Crippen molar-refractivity contribution in [2.45, 2.75) is 38.6 Å². The van der Waals surface area contributed by atoms with E-state index in [1.54, 1.807) is 0 Å². The molecule has 1 heterocycles. The summed E-state index contributed by atoms with van der Waals surface area (Å²) in [6.07, 6.45) is 5.42. The fourth-order valence-corrected chi connectivity index (χ4v) is 4.72. The lowest BCUT2D eigenvalue weighted by Gasteiger charge is -2.28. The maximum absolute atomic E-state index is 12.3. The molecule has 1 aromatic heterocycles. The first-order valence-corrected chi connectivity index (χ1v) is 8.63.